The van der Waals surface area contributed by atoms with Gasteiger partial charge in [-0.2, -0.15) is 10.4 Å². The molecule has 10 heteroatoms. The second-order valence-corrected chi connectivity index (χ2v) is 8.90. The number of carbonyl (C=O) groups excluding carboxylic acids is 2. The second-order valence-electron chi connectivity index (χ2n) is 8.50. The number of carbonyl (C=O) groups is 2. The molecular weight excluding hydrogens is 459 g/mol. The molecule has 0 unspecified atom stereocenters. The van der Waals surface area contributed by atoms with Crippen molar-refractivity contribution in [2.24, 2.45) is 11.7 Å². The Balaban J connectivity index is 1.50. The largest absolute Gasteiger partial charge is 0.365 e. The standard InChI is InChI=1S/C24H20ClFN6O2/c25-17-9-15(5-8-18(17)26)22-21(23(28)33)20-11-31(19(14-3-4-14)12-32(20)30-22)24(34)29-16-6-1-13(10-27)2-7-16/h1-2,5-9,14,19H,3-4,11-12H2,(H2,28,33)(H,29,34)/t19-/m0/s1. The topological polar surface area (TPSA) is 117 Å². The summed E-state index contributed by atoms with van der Waals surface area (Å²) < 4.78 is 15.4. The van der Waals surface area contributed by atoms with Crippen molar-refractivity contribution < 1.29 is 14.0 Å². The summed E-state index contributed by atoms with van der Waals surface area (Å²) in [7, 11) is 0. The van der Waals surface area contributed by atoms with Crippen LogP contribution in [0.3, 0.4) is 0 Å². The molecule has 0 bridgehead atoms. The first-order valence-corrected chi connectivity index (χ1v) is 11.2. The smallest absolute Gasteiger partial charge is 0.322 e. The molecule has 1 atom stereocenters. The van der Waals surface area contributed by atoms with Crippen molar-refractivity contribution in [1.29, 1.82) is 5.26 Å². The molecule has 1 aromatic heterocycles. The Morgan fingerprint density at radius 3 is 2.56 bits per heavy atom. The van der Waals surface area contributed by atoms with E-state index >= 15 is 0 Å². The number of anilines is 1. The van der Waals surface area contributed by atoms with Gasteiger partial charge in [-0.15, -0.1) is 0 Å². The van der Waals surface area contributed by atoms with Gasteiger partial charge >= 0.3 is 6.03 Å². The van der Waals surface area contributed by atoms with Gasteiger partial charge in [0.05, 0.1) is 47.0 Å². The number of aromatic nitrogens is 2. The fourth-order valence-corrected chi connectivity index (χ4v) is 4.58. The number of amides is 3. The van der Waals surface area contributed by atoms with E-state index in [9.17, 15) is 14.0 Å². The molecule has 1 aliphatic heterocycles. The molecule has 1 fully saturated rings. The number of fused-ring (bicyclic) bond motifs is 1. The van der Waals surface area contributed by atoms with Crippen LogP contribution in [-0.2, 0) is 13.1 Å². The zero-order valence-corrected chi connectivity index (χ0v) is 18.7. The summed E-state index contributed by atoms with van der Waals surface area (Å²) in [6.45, 7) is 0.555. The van der Waals surface area contributed by atoms with Gasteiger partial charge < -0.3 is 16.0 Å². The minimum atomic E-state index is -0.686. The highest BCUT2D eigenvalue weighted by atomic mass is 35.5. The lowest BCUT2D eigenvalue weighted by atomic mass is 10.0. The third-order valence-electron chi connectivity index (χ3n) is 6.27. The first-order chi connectivity index (χ1) is 16.4. The fourth-order valence-electron chi connectivity index (χ4n) is 4.40. The molecule has 3 amide bonds. The maximum atomic E-state index is 13.7. The van der Waals surface area contributed by atoms with Crippen LogP contribution in [0.2, 0.25) is 5.02 Å². The quantitative estimate of drug-likeness (QED) is 0.586. The number of rotatable bonds is 4. The van der Waals surface area contributed by atoms with Crippen LogP contribution in [0.25, 0.3) is 11.3 Å². The number of nitrogens with two attached hydrogens (primary N) is 1. The third kappa shape index (κ3) is 3.97. The molecular formula is C24H20ClFN6O2. The molecule has 34 heavy (non-hydrogen) atoms. The zero-order chi connectivity index (χ0) is 24.0. The Bertz CT molecular complexity index is 1340. The van der Waals surface area contributed by atoms with Crippen LogP contribution in [0.15, 0.2) is 42.5 Å². The summed E-state index contributed by atoms with van der Waals surface area (Å²) in [6.07, 6.45) is 2.01. The molecule has 2 aromatic carbocycles. The van der Waals surface area contributed by atoms with Crippen molar-refractivity contribution in [3.63, 3.8) is 0 Å². The first kappa shape index (κ1) is 21.9. The number of nitrogens with zero attached hydrogens (tertiary/aromatic N) is 4. The molecule has 0 spiro atoms. The SMILES string of the molecule is N#Cc1ccc(NC(=O)N2Cc3c(C(N)=O)c(-c4ccc(F)c(Cl)c4)nn3C[C@H]2C2CC2)cc1. The van der Waals surface area contributed by atoms with Gasteiger partial charge in [0, 0.05) is 11.3 Å². The average molecular weight is 479 g/mol. The van der Waals surface area contributed by atoms with Crippen molar-refractivity contribution in [1.82, 2.24) is 14.7 Å². The van der Waals surface area contributed by atoms with Crippen LogP contribution < -0.4 is 11.1 Å². The summed E-state index contributed by atoms with van der Waals surface area (Å²) in [4.78, 5) is 27.4. The summed E-state index contributed by atoms with van der Waals surface area (Å²) >= 11 is 5.95. The summed E-state index contributed by atoms with van der Waals surface area (Å²) in [5, 5.41) is 16.4. The van der Waals surface area contributed by atoms with Crippen molar-refractivity contribution in [3.05, 3.63) is 70.1 Å². The number of benzene rings is 2. The number of hydrogen-bond acceptors (Lipinski definition) is 4. The molecule has 5 rings (SSSR count). The predicted molar refractivity (Wildman–Crippen MR) is 123 cm³/mol. The number of urea groups is 1. The van der Waals surface area contributed by atoms with E-state index < -0.39 is 11.7 Å². The van der Waals surface area contributed by atoms with E-state index in [1.54, 1.807) is 33.8 Å². The lowest BCUT2D eigenvalue weighted by Gasteiger charge is -2.36. The van der Waals surface area contributed by atoms with E-state index in [0.29, 0.717) is 40.7 Å². The number of nitrogens with one attached hydrogen (secondary N) is 1. The lowest BCUT2D eigenvalue weighted by molar-refractivity contribution is 0.0993. The Morgan fingerprint density at radius 2 is 1.94 bits per heavy atom. The van der Waals surface area contributed by atoms with Gasteiger partial charge in [0.1, 0.15) is 11.5 Å². The van der Waals surface area contributed by atoms with E-state index in [1.165, 1.54) is 18.2 Å². The highest BCUT2D eigenvalue weighted by Gasteiger charge is 2.42. The minimum Gasteiger partial charge on any atom is -0.365 e. The van der Waals surface area contributed by atoms with Gasteiger partial charge in [0.15, 0.2) is 0 Å². The summed E-state index contributed by atoms with van der Waals surface area (Å²) in [5.74, 6) is -0.923. The zero-order valence-electron chi connectivity index (χ0n) is 18.0. The molecule has 0 radical (unpaired) electrons. The van der Waals surface area contributed by atoms with Gasteiger partial charge in [-0.25, -0.2) is 9.18 Å². The molecule has 2 heterocycles. The molecule has 1 aliphatic carbocycles. The lowest BCUT2D eigenvalue weighted by Crippen LogP contribution is -2.49. The number of hydrogen-bond donors (Lipinski definition) is 2. The first-order valence-electron chi connectivity index (χ1n) is 10.8. The Labute approximate surface area is 199 Å². The molecule has 1 saturated carbocycles. The van der Waals surface area contributed by atoms with Crippen LogP contribution in [0.1, 0.15) is 34.5 Å². The van der Waals surface area contributed by atoms with Crippen LogP contribution >= 0.6 is 11.6 Å². The van der Waals surface area contributed by atoms with Crippen molar-refractivity contribution in [2.75, 3.05) is 5.32 Å². The van der Waals surface area contributed by atoms with Gasteiger partial charge in [-0.05, 0) is 61.2 Å². The van der Waals surface area contributed by atoms with Crippen molar-refractivity contribution in [3.8, 4) is 17.3 Å². The highest BCUT2D eigenvalue weighted by Crippen LogP contribution is 2.40. The molecule has 172 valence electrons. The summed E-state index contributed by atoms with van der Waals surface area (Å²) in [6, 6.07) is 12.3. The normalized spacial score (nSPS) is 17.1. The van der Waals surface area contributed by atoms with Gasteiger partial charge in [0.2, 0.25) is 0 Å². The maximum absolute atomic E-state index is 13.7. The van der Waals surface area contributed by atoms with Crippen molar-refractivity contribution >= 4 is 29.2 Å². The number of halogens is 2. The number of primary amides is 1. The number of nitriles is 1. The van der Waals surface area contributed by atoms with E-state index in [-0.39, 0.29) is 29.2 Å². The third-order valence-corrected chi connectivity index (χ3v) is 6.56. The van der Waals surface area contributed by atoms with Crippen molar-refractivity contribution in [2.45, 2.75) is 32.0 Å². The predicted octanol–water partition coefficient (Wildman–Crippen LogP) is 4.14. The molecule has 2 aliphatic rings. The van der Waals surface area contributed by atoms with Crippen LogP contribution in [-0.4, -0.2) is 32.7 Å². The van der Waals surface area contributed by atoms with E-state index in [2.05, 4.69) is 10.4 Å². The molecule has 0 saturated heterocycles. The monoisotopic (exact) mass is 478 g/mol. The van der Waals surface area contributed by atoms with Crippen LogP contribution in [0.5, 0.6) is 0 Å². The van der Waals surface area contributed by atoms with Gasteiger partial charge in [-0.1, -0.05) is 11.6 Å². The Kier molecular flexibility index (Phi) is 5.46. The average Bonchev–Trinajstić information content (AvgIpc) is 3.60. The maximum Gasteiger partial charge on any atom is 0.322 e. The highest BCUT2D eigenvalue weighted by molar-refractivity contribution is 6.31. The van der Waals surface area contributed by atoms with Crippen LogP contribution in [0, 0.1) is 23.1 Å². The van der Waals surface area contributed by atoms with E-state index in [4.69, 9.17) is 22.6 Å². The summed E-state index contributed by atoms with van der Waals surface area (Å²) in [5.41, 5.74) is 8.28. The molecule has 3 N–H and O–H groups in total. The second kappa shape index (κ2) is 8.47. The minimum absolute atomic E-state index is 0.0850. The van der Waals surface area contributed by atoms with Gasteiger partial charge in [0.25, 0.3) is 5.91 Å². The fraction of sp³-hybridized carbons (Fsp3) is 0.250. The van der Waals surface area contributed by atoms with E-state index in [1.807, 2.05) is 6.07 Å². The van der Waals surface area contributed by atoms with E-state index in [0.717, 1.165) is 12.8 Å². The van der Waals surface area contributed by atoms with Crippen LogP contribution in [0.4, 0.5) is 14.9 Å². The molecule has 3 aromatic rings. The Morgan fingerprint density at radius 1 is 1.21 bits per heavy atom. The molecule has 8 nitrogen and oxygen atoms in total. The van der Waals surface area contributed by atoms with Gasteiger partial charge in [-0.3, -0.25) is 9.48 Å². The Hall–Kier alpha value is -3.90.